The Kier molecular flexibility index (Phi) is 4.25. The lowest BCUT2D eigenvalue weighted by atomic mass is 9.95. The molecule has 2 atom stereocenters. The van der Waals surface area contributed by atoms with Crippen LogP contribution in [0, 0.1) is 0 Å². The van der Waals surface area contributed by atoms with E-state index < -0.39 is 5.60 Å². The summed E-state index contributed by atoms with van der Waals surface area (Å²) in [5.74, 6) is 0.155. The van der Waals surface area contributed by atoms with Gasteiger partial charge < -0.3 is 14.7 Å². The summed E-state index contributed by atoms with van der Waals surface area (Å²) in [7, 11) is 0. The minimum Gasteiger partial charge on any atom is -0.389 e. The molecule has 2 unspecified atom stereocenters. The molecule has 2 fully saturated rings. The molecule has 18 heavy (non-hydrogen) atoms. The highest BCUT2D eigenvalue weighted by Gasteiger charge is 2.30. The molecule has 2 aliphatic rings. The lowest BCUT2D eigenvalue weighted by Gasteiger charge is -2.38. The fraction of sp³-hybridized carbons (Fsp3) is 0.923. The zero-order valence-corrected chi connectivity index (χ0v) is 11.4. The number of morpholine rings is 1. The van der Waals surface area contributed by atoms with E-state index in [-0.39, 0.29) is 12.0 Å². The third kappa shape index (κ3) is 3.67. The first-order valence-corrected chi connectivity index (χ1v) is 6.80. The molecule has 2 rings (SSSR count). The van der Waals surface area contributed by atoms with E-state index in [1.807, 2.05) is 18.7 Å². The minimum atomic E-state index is -0.642. The van der Waals surface area contributed by atoms with Crippen molar-refractivity contribution in [3.05, 3.63) is 0 Å². The highest BCUT2D eigenvalue weighted by atomic mass is 16.5. The van der Waals surface area contributed by atoms with Crippen LogP contribution in [0.4, 0.5) is 0 Å². The zero-order valence-electron chi connectivity index (χ0n) is 11.4. The minimum absolute atomic E-state index is 0.132. The summed E-state index contributed by atoms with van der Waals surface area (Å²) in [6, 6.07) is 0. The van der Waals surface area contributed by atoms with E-state index in [9.17, 15) is 9.90 Å². The average molecular weight is 256 g/mol. The van der Waals surface area contributed by atoms with E-state index in [1.54, 1.807) is 0 Å². The Morgan fingerprint density at radius 2 is 2.28 bits per heavy atom. The lowest BCUT2D eigenvalue weighted by molar-refractivity contribution is -0.140. The van der Waals surface area contributed by atoms with Crippen LogP contribution >= 0.6 is 0 Å². The van der Waals surface area contributed by atoms with Crippen molar-refractivity contribution in [2.75, 3.05) is 39.3 Å². The van der Waals surface area contributed by atoms with E-state index in [2.05, 4.69) is 4.90 Å². The van der Waals surface area contributed by atoms with E-state index in [4.69, 9.17) is 4.74 Å². The van der Waals surface area contributed by atoms with Gasteiger partial charge in [0.05, 0.1) is 24.9 Å². The van der Waals surface area contributed by atoms with Crippen molar-refractivity contribution in [2.24, 2.45) is 0 Å². The largest absolute Gasteiger partial charge is 0.389 e. The fourth-order valence-corrected chi connectivity index (χ4v) is 2.79. The maximum atomic E-state index is 12.2. The second-order valence-corrected chi connectivity index (χ2v) is 5.83. The summed E-state index contributed by atoms with van der Waals surface area (Å²) in [5.41, 5.74) is -0.642. The second kappa shape index (κ2) is 5.55. The zero-order chi connectivity index (χ0) is 13.2. The topological polar surface area (TPSA) is 53.0 Å². The maximum Gasteiger partial charge on any atom is 0.236 e. The van der Waals surface area contributed by atoms with Crippen molar-refractivity contribution >= 4 is 5.91 Å². The Balaban J connectivity index is 1.83. The molecule has 1 amide bonds. The van der Waals surface area contributed by atoms with Crippen LogP contribution in [0.1, 0.15) is 26.7 Å². The van der Waals surface area contributed by atoms with Gasteiger partial charge in [0.2, 0.25) is 5.91 Å². The first kappa shape index (κ1) is 13.8. The van der Waals surface area contributed by atoms with Crippen LogP contribution in [-0.2, 0) is 9.53 Å². The summed E-state index contributed by atoms with van der Waals surface area (Å²) < 4.78 is 5.43. The third-order valence-corrected chi connectivity index (χ3v) is 3.71. The van der Waals surface area contributed by atoms with E-state index in [1.165, 1.54) is 0 Å². The highest BCUT2D eigenvalue weighted by molar-refractivity contribution is 5.78. The fourth-order valence-electron chi connectivity index (χ4n) is 2.79. The van der Waals surface area contributed by atoms with Crippen LogP contribution < -0.4 is 0 Å². The molecular weight excluding hydrogens is 232 g/mol. The Bertz CT molecular complexity index is 307. The van der Waals surface area contributed by atoms with Crippen LogP contribution in [0.25, 0.3) is 0 Å². The molecule has 5 heteroatoms. The Hall–Kier alpha value is -0.650. The molecule has 104 valence electrons. The van der Waals surface area contributed by atoms with Gasteiger partial charge in [-0.1, -0.05) is 0 Å². The van der Waals surface area contributed by atoms with Gasteiger partial charge in [0.15, 0.2) is 0 Å². The molecule has 0 aromatic carbocycles. The maximum absolute atomic E-state index is 12.2. The van der Waals surface area contributed by atoms with Crippen molar-refractivity contribution in [1.29, 1.82) is 0 Å². The molecular formula is C13H24N2O3. The molecule has 0 spiro atoms. The predicted octanol–water partition coefficient (Wildman–Crippen LogP) is 0.0805. The number of aliphatic hydroxyl groups is 1. The van der Waals surface area contributed by atoms with Crippen LogP contribution in [0.2, 0.25) is 0 Å². The number of hydrogen-bond donors (Lipinski definition) is 1. The molecule has 2 heterocycles. The molecule has 0 bridgehead atoms. The smallest absolute Gasteiger partial charge is 0.236 e. The van der Waals surface area contributed by atoms with Crippen molar-refractivity contribution in [2.45, 2.75) is 38.4 Å². The summed E-state index contributed by atoms with van der Waals surface area (Å²) in [5, 5.41) is 10.0. The molecule has 1 N–H and O–H groups in total. The predicted molar refractivity (Wildman–Crippen MR) is 68.3 cm³/mol. The number of carbonyl (C=O) groups is 1. The number of rotatable bonds is 2. The van der Waals surface area contributed by atoms with Gasteiger partial charge >= 0.3 is 0 Å². The molecule has 2 saturated heterocycles. The first-order chi connectivity index (χ1) is 8.46. The summed E-state index contributed by atoms with van der Waals surface area (Å²) in [6.07, 6.45) is 1.92. The van der Waals surface area contributed by atoms with E-state index in [0.717, 1.165) is 19.4 Å². The van der Waals surface area contributed by atoms with Gasteiger partial charge in [-0.3, -0.25) is 9.69 Å². The average Bonchev–Trinajstić information content (AvgIpc) is 2.27. The first-order valence-electron chi connectivity index (χ1n) is 6.80. The van der Waals surface area contributed by atoms with Gasteiger partial charge in [0, 0.05) is 19.6 Å². The molecule has 0 aliphatic carbocycles. The van der Waals surface area contributed by atoms with Crippen LogP contribution in [0.5, 0.6) is 0 Å². The van der Waals surface area contributed by atoms with Gasteiger partial charge in [0.25, 0.3) is 0 Å². The third-order valence-electron chi connectivity index (χ3n) is 3.71. The Labute approximate surface area is 109 Å². The lowest BCUT2D eigenvalue weighted by Crippen LogP contribution is -2.52. The van der Waals surface area contributed by atoms with Crippen LogP contribution in [0.15, 0.2) is 0 Å². The number of piperidine rings is 1. The second-order valence-electron chi connectivity index (χ2n) is 5.83. The monoisotopic (exact) mass is 256 g/mol. The highest BCUT2D eigenvalue weighted by Crippen LogP contribution is 2.20. The summed E-state index contributed by atoms with van der Waals surface area (Å²) in [6.45, 7) is 7.76. The van der Waals surface area contributed by atoms with Crippen LogP contribution in [-0.4, -0.2) is 71.8 Å². The van der Waals surface area contributed by atoms with Crippen molar-refractivity contribution in [3.8, 4) is 0 Å². The van der Waals surface area contributed by atoms with E-state index in [0.29, 0.717) is 32.8 Å². The summed E-state index contributed by atoms with van der Waals surface area (Å²) in [4.78, 5) is 16.1. The number of likely N-dealkylation sites (tertiary alicyclic amines) is 1. The van der Waals surface area contributed by atoms with Crippen molar-refractivity contribution < 1.29 is 14.6 Å². The molecule has 0 radical (unpaired) electrons. The van der Waals surface area contributed by atoms with Gasteiger partial charge in [-0.15, -0.1) is 0 Å². The molecule has 0 saturated carbocycles. The van der Waals surface area contributed by atoms with Gasteiger partial charge in [0.1, 0.15) is 0 Å². The summed E-state index contributed by atoms with van der Waals surface area (Å²) >= 11 is 0. The van der Waals surface area contributed by atoms with Crippen molar-refractivity contribution in [3.63, 3.8) is 0 Å². The molecule has 0 aromatic rings. The number of carbonyl (C=O) groups excluding carboxylic acids is 1. The number of nitrogens with zero attached hydrogens (tertiary/aromatic N) is 2. The molecule has 5 nitrogen and oxygen atoms in total. The van der Waals surface area contributed by atoms with E-state index >= 15 is 0 Å². The number of hydrogen-bond acceptors (Lipinski definition) is 4. The Morgan fingerprint density at radius 3 is 2.94 bits per heavy atom. The van der Waals surface area contributed by atoms with Crippen LogP contribution in [0.3, 0.4) is 0 Å². The van der Waals surface area contributed by atoms with Crippen molar-refractivity contribution in [1.82, 2.24) is 9.80 Å². The number of β-amino-alcohol motifs (C(OH)–C–C–N with tert-alkyl or cyclic N) is 1. The Morgan fingerprint density at radius 1 is 1.50 bits per heavy atom. The van der Waals surface area contributed by atoms with Gasteiger partial charge in [-0.25, -0.2) is 0 Å². The standard InChI is InChI=1S/C13H24N2O3/c1-11-8-15(6-7-18-11)12(16)9-14-5-3-4-13(2,17)10-14/h11,17H,3-10H2,1-2H3. The molecule has 2 aliphatic heterocycles. The number of ether oxygens (including phenoxy) is 1. The number of amides is 1. The van der Waals surface area contributed by atoms with Gasteiger partial charge in [-0.2, -0.15) is 0 Å². The normalized spacial score (nSPS) is 34.6. The SMILES string of the molecule is CC1CN(C(=O)CN2CCCC(C)(O)C2)CCO1. The quantitative estimate of drug-likeness (QED) is 0.760. The molecule has 0 aromatic heterocycles. The van der Waals surface area contributed by atoms with Gasteiger partial charge in [-0.05, 0) is 33.2 Å².